The van der Waals surface area contributed by atoms with Crippen molar-refractivity contribution in [2.45, 2.75) is 33.2 Å². The molecule has 0 saturated heterocycles. The molecule has 80 valence electrons. The molecule has 0 aromatic heterocycles. The molecule has 1 atom stereocenters. The van der Waals surface area contributed by atoms with Crippen LogP contribution in [0.15, 0.2) is 30.3 Å². The van der Waals surface area contributed by atoms with E-state index in [2.05, 4.69) is 50.4 Å². The Hall–Kier alpha value is -0.603. The maximum absolute atomic E-state index is 3.30. The van der Waals surface area contributed by atoms with Crippen LogP contribution in [0, 0.1) is 0 Å². The molecule has 1 unspecified atom stereocenters. The third-order valence-corrected chi connectivity index (χ3v) is 2.77. The molecule has 0 spiro atoms. The van der Waals surface area contributed by atoms with E-state index >= 15 is 0 Å². The summed E-state index contributed by atoms with van der Waals surface area (Å²) in [5.74, 6) is 0. The van der Waals surface area contributed by atoms with Gasteiger partial charge >= 0.3 is 0 Å². The number of hydrogen-bond donors (Lipinski definition) is 1. The quantitative estimate of drug-likeness (QED) is 0.735. The second kappa shape index (κ2) is 8.97. The highest BCUT2D eigenvalue weighted by atomic mass is 28.1. The SMILES string of the molecule is CCNC(C)CC.[SiH3]c1ccccc1. The van der Waals surface area contributed by atoms with Gasteiger partial charge in [0.2, 0.25) is 0 Å². The maximum atomic E-state index is 3.30. The van der Waals surface area contributed by atoms with Crippen molar-refractivity contribution >= 4 is 15.4 Å². The number of hydrogen-bond acceptors (Lipinski definition) is 1. The largest absolute Gasteiger partial charge is 0.315 e. The highest BCUT2D eigenvalue weighted by molar-refractivity contribution is 6.32. The molecule has 2 heteroatoms. The molecule has 1 aromatic carbocycles. The minimum absolute atomic E-state index is 0.699. The Morgan fingerprint density at radius 3 is 2.00 bits per heavy atom. The second-order valence-corrected chi connectivity index (χ2v) is 4.68. The Bertz CT molecular complexity index is 211. The van der Waals surface area contributed by atoms with Gasteiger partial charge in [0.05, 0.1) is 0 Å². The first-order valence-corrected chi connectivity index (χ1v) is 6.45. The van der Waals surface area contributed by atoms with Crippen molar-refractivity contribution in [3.8, 4) is 0 Å². The summed E-state index contributed by atoms with van der Waals surface area (Å²) in [6.45, 7) is 7.61. The molecule has 1 N–H and O–H groups in total. The molecule has 0 aliphatic rings. The summed E-state index contributed by atoms with van der Waals surface area (Å²) in [7, 11) is 1.17. The van der Waals surface area contributed by atoms with Gasteiger partial charge in [-0.1, -0.05) is 49.4 Å². The summed E-state index contributed by atoms with van der Waals surface area (Å²) >= 11 is 0. The van der Waals surface area contributed by atoms with Gasteiger partial charge in [0.15, 0.2) is 0 Å². The Labute approximate surface area is 91.3 Å². The van der Waals surface area contributed by atoms with Crippen LogP contribution in [0.1, 0.15) is 27.2 Å². The van der Waals surface area contributed by atoms with Gasteiger partial charge in [-0.25, -0.2) is 0 Å². The molecule has 0 amide bonds. The Balaban J connectivity index is 0.000000241. The summed E-state index contributed by atoms with van der Waals surface area (Å²) in [5.41, 5.74) is 0. The van der Waals surface area contributed by atoms with Gasteiger partial charge in [-0.05, 0) is 19.9 Å². The summed E-state index contributed by atoms with van der Waals surface area (Å²) < 4.78 is 0. The van der Waals surface area contributed by atoms with E-state index in [4.69, 9.17) is 0 Å². The van der Waals surface area contributed by atoms with Crippen LogP contribution in [0.25, 0.3) is 0 Å². The highest BCUT2D eigenvalue weighted by Gasteiger charge is 1.90. The van der Waals surface area contributed by atoms with E-state index in [9.17, 15) is 0 Å². The smallest absolute Gasteiger partial charge is 0.0384 e. The summed E-state index contributed by atoms with van der Waals surface area (Å²) in [5, 5.41) is 4.76. The van der Waals surface area contributed by atoms with Gasteiger partial charge in [0.1, 0.15) is 0 Å². The van der Waals surface area contributed by atoms with Crippen LogP contribution >= 0.6 is 0 Å². The summed E-state index contributed by atoms with van der Waals surface area (Å²) in [4.78, 5) is 0. The van der Waals surface area contributed by atoms with Crippen LogP contribution in [-0.4, -0.2) is 22.8 Å². The monoisotopic (exact) mass is 209 g/mol. The number of nitrogens with one attached hydrogen (secondary N) is 1. The van der Waals surface area contributed by atoms with Gasteiger partial charge in [0, 0.05) is 16.3 Å². The van der Waals surface area contributed by atoms with Crippen molar-refractivity contribution < 1.29 is 0 Å². The minimum atomic E-state index is 0.699. The molecule has 0 aliphatic heterocycles. The van der Waals surface area contributed by atoms with Crippen molar-refractivity contribution in [3.05, 3.63) is 30.3 Å². The predicted molar refractivity (Wildman–Crippen MR) is 69.4 cm³/mol. The van der Waals surface area contributed by atoms with Crippen LogP contribution in [0.4, 0.5) is 0 Å². The van der Waals surface area contributed by atoms with Crippen molar-refractivity contribution in [1.82, 2.24) is 5.32 Å². The van der Waals surface area contributed by atoms with E-state index in [0.717, 1.165) is 6.54 Å². The summed E-state index contributed by atoms with van der Waals surface area (Å²) in [6.07, 6.45) is 1.23. The highest BCUT2D eigenvalue weighted by Crippen LogP contribution is 1.84. The first-order chi connectivity index (χ1) is 6.70. The molecule has 0 aliphatic carbocycles. The van der Waals surface area contributed by atoms with Gasteiger partial charge in [-0.15, -0.1) is 0 Å². The topological polar surface area (TPSA) is 12.0 Å². The normalized spacial score (nSPS) is 11.6. The maximum Gasteiger partial charge on any atom is 0.0384 e. The molecule has 14 heavy (non-hydrogen) atoms. The fourth-order valence-corrected chi connectivity index (χ4v) is 1.41. The second-order valence-electron chi connectivity index (χ2n) is 3.52. The van der Waals surface area contributed by atoms with E-state index < -0.39 is 0 Å². The fraction of sp³-hybridized carbons (Fsp3) is 0.500. The van der Waals surface area contributed by atoms with Gasteiger partial charge in [-0.3, -0.25) is 0 Å². The molecule has 0 radical (unpaired) electrons. The molecule has 0 saturated carbocycles. The number of rotatable bonds is 3. The lowest BCUT2D eigenvalue weighted by atomic mass is 10.3. The van der Waals surface area contributed by atoms with E-state index in [1.807, 2.05) is 6.07 Å². The zero-order chi connectivity index (χ0) is 10.8. The lowest BCUT2D eigenvalue weighted by Crippen LogP contribution is -2.24. The van der Waals surface area contributed by atoms with E-state index in [1.165, 1.54) is 21.9 Å². The lowest BCUT2D eigenvalue weighted by Gasteiger charge is -2.06. The van der Waals surface area contributed by atoms with E-state index in [0.29, 0.717) is 6.04 Å². The third kappa shape index (κ3) is 8.02. The van der Waals surface area contributed by atoms with Crippen LogP contribution in [0.5, 0.6) is 0 Å². The van der Waals surface area contributed by atoms with Crippen molar-refractivity contribution in [2.75, 3.05) is 6.54 Å². The molecule has 0 bridgehead atoms. The third-order valence-electron chi connectivity index (χ3n) is 2.11. The number of benzene rings is 1. The van der Waals surface area contributed by atoms with Crippen molar-refractivity contribution in [2.24, 2.45) is 0 Å². The molecule has 1 rings (SSSR count). The first kappa shape index (κ1) is 13.4. The average molecular weight is 209 g/mol. The minimum Gasteiger partial charge on any atom is -0.315 e. The summed E-state index contributed by atoms with van der Waals surface area (Å²) in [6, 6.07) is 11.2. The zero-order valence-corrected chi connectivity index (χ0v) is 11.9. The zero-order valence-electron chi connectivity index (χ0n) is 9.88. The van der Waals surface area contributed by atoms with Gasteiger partial charge < -0.3 is 5.32 Å². The molecular formula is C12H23NSi. The van der Waals surface area contributed by atoms with Crippen molar-refractivity contribution in [1.29, 1.82) is 0 Å². The standard InChI is InChI=1S/C6H15N.C6H8Si/c1-4-6(3)7-5-2;7-6-4-2-1-3-5-6/h6-7H,4-5H2,1-3H3;1-5H,7H3. The van der Waals surface area contributed by atoms with E-state index in [1.54, 1.807) is 0 Å². The van der Waals surface area contributed by atoms with Crippen LogP contribution in [-0.2, 0) is 0 Å². The first-order valence-electron chi connectivity index (χ1n) is 5.45. The lowest BCUT2D eigenvalue weighted by molar-refractivity contribution is 0.553. The Morgan fingerprint density at radius 1 is 1.21 bits per heavy atom. The molecule has 0 heterocycles. The Morgan fingerprint density at radius 2 is 1.79 bits per heavy atom. The van der Waals surface area contributed by atoms with Crippen molar-refractivity contribution in [3.63, 3.8) is 0 Å². The molecule has 1 nitrogen and oxygen atoms in total. The van der Waals surface area contributed by atoms with E-state index in [-0.39, 0.29) is 0 Å². The van der Waals surface area contributed by atoms with Gasteiger partial charge in [-0.2, -0.15) is 0 Å². The van der Waals surface area contributed by atoms with Crippen LogP contribution in [0.2, 0.25) is 0 Å². The molecular weight excluding hydrogens is 186 g/mol. The fourth-order valence-electron chi connectivity index (χ4n) is 1.03. The average Bonchev–Trinajstić information content (AvgIpc) is 2.20. The predicted octanol–water partition coefficient (Wildman–Crippen LogP) is 1.07. The van der Waals surface area contributed by atoms with Crippen LogP contribution in [0.3, 0.4) is 0 Å². The van der Waals surface area contributed by atoms with Gasteiger partial charge in [0.25, 0.3) is 0 Å². The molecule has 1 aromatic rings. The molecule has 0 fully saturated rings. The van der Waals surface area contributed by atoms with Crippen LogP contribution < -0.4 is 10.5 Å². The Kier molecular flexibility index (Phi) is 8.59.